The molecule has 2 heterocycles. The van der Waals surface area contributed by atoms with Crippen molar-refractivity contribution in [3.63, 3.8) is 0 Å². The minimum atomic E-state index is -0.376. The molecule has 1 aliphatic heterocycles. The van der Waals surface area contributed by atoms with Gasteiger partial charge in [0.15, 0.2) is 5.82 Å². The van der Waals surface area contributed by atoms with Crippen LogP contribution in [0.3, 0.4) is 0 Å². The minimum absolute atomic E-state index is 0.269. The summed E-state index contributed by atoms with van der Waals surface area (Å²) in [6.07, 6.45) is 0. The number of benzene rings is 2. The van der Waals surface area contributed by atoms with Gasteiger partial charge in [0.1, 0.15) is 5.82 Å². The summed E-state index contributed by atoms with van der Waals surface area (Å²) in [5, 5.41) is 12.3. The third-order valence-corrected chi connectivity index (χ3v) is 4.96. The van der Waals surface area contributed by atoms with Gasteiger partial charge in [-0.15, -0.1) is 5.10 Å². The molecule has 0 N–H and O–H groups in total. The summed E-state index contributed by atoms with van der Waals surface area (Å²) in [7, 11) is 0. The van der Waals surface area contributed by atoms with Crippen LogP contribution in [0.2, 0.25) is 0 Å². The average Bonchev–Trinajstić information content (AvgIpc) is 3.26. The first kappa shape index (κ1) is 20.1. The molecule has 0 amide bonds. The van der Waals surface area contributed by atoms with Gasteiger partial charge < -0.3 is 9.47 Å². The summed E-state index contributed by atoms with van der Waals surface area (Å²) < 4.78 is 25.7. The van der Waals surface area contributed by atoms with Crippen LogP contribution in [0, 0.1) is 5.82 Å². The number of tetrazole rings is 1. The SMILES string of the molecule is CCOC(=O)c1ccc(-n2nnnc2C(c2ccc(F)cc2)N2CCOCC2)cc1. The number of nitrogens with zero attached hydrogens (tertiary/aromatic N) is 5. The second-order valence-electron chi connectivity index (χ2n) is 6.82. The fraction of sp³-hybridized carbons (Fsp3) is 0.333. The van der Waals surface area contributed by atoms with E-state index in [4.69, 9.17) is 9.47 Å². The normalized spacial score (nSPS) is 15.7. The molecule has 8 nitrogen and oxygen atoms in total. The topological polar surface area (TPSA) is 82.4 Å². The zero-order valence-corrected chi connectivity index (χ0v) is 16.6. The largest absolute Gasteiger partial charge is 0.462 e. The van der Waals surface area contributed by atoms with Crippen molar-refractivity contribution >= 4 is 5.97 Å². The second kappa shape index (κ2) is 9.10. The fourth-order valence-corrected chi connectivity index (χ4v) is 3.51. The van der Waals surface area contributed by atoms with Crippen LogP contribution in [-0.2, 0) is 9.47 Å². The lowest BCUT2D eigenvalue weighted by Crippen LogP contribution is -2.40. The highest BCUT2D eigenvalue weighted by Gasteiger charge is 2.29. The Bertz CT molecular complexity index is 985. The lowest BCUT2D eigenvalue weighted by molar-refractivity contribution is 0.0220. The van der Waals surface area contributed by atoms with Gasteiger partial charge in [0, 0.05) is 13.1 Å². The summed E-state index contributed by atoms with van der Waals surface area (Å²) in [6, 6.07) is 13.0. The van der Waals surface area contributed by atoms with Gasteiger partial charge in [-0.2, -0.15) is 4.68 Å². The first-order chi connectivity index (χ1) is 14.7. The monoisotopic (exact) mass is 411 g/mol. The number of carbonyl (C=O) groups is 1. The summed E-state index contributed by atoms with van der Waals surface area (Å²) in [4.78, 5) is 14.1. The first-order valence-electron chi connectivity index (χ1n) is 9.80. The lowest BCUT2D eigenvalue weighted by atomic mass is 10.0. The number of ether oxygens (including phenoxy) is 2. The molecular weight excluding hydrogens is 389 g/mol. The van der Waals surface area contributed by atoms with Crippen molar-refractivity contribution in [2.75, 3.05) is 32.9 Å². The average molecular weight is 411 g/mol. The van der Waals surface area contributed by atoms with E-state index < -0.39 is 0 Å². The van der Waals surface area contributed by atoms with Crippen molar-refractivity contribution in [2.24, 2.45) is 0 Å². The molecule has 0 spiro atoms. The van der Waals surface area contributed by atoms with Crippen LogP contribution >= 0.6 is 0 Å². The van der Waals surface area contributed by atoms with E-state index in [0.29, 0.717) is 50.0 Å². The van der Waals surface area contributed by atoms with E-state index in [0.717, 1.165) is 5.56 Å². The van der Waals surface area contributed by atoms with E-state index in [1.807, 2.05) is 0 Å². The standard InChI is InChI=1S/C21H22FN5O3/c1-2-30-21(28)16-5-9-18(10-6-16)27-20(23-24-25-27)19(26-11-13-29-14-12-26)15-3-7-17(22)8-4-15/h3-10,19H,2,11-14H2,1H3. The predicted molar refractivity (Wildman–Crippen MR) is 106 cm³/mol. The Hall–Kier alpha value is -3.17. The summed E-state index contributed by atoms with van der Waals surface area (Å²) >= 11 is 0. The van der Waals surface area contributed by atoms with Crippen LogP contribution in [0.25, 0.3) is 5.69 Å². The van der Waals surface area contributed by atoms with Crippen molar-refractivity contribution in [3.8, 4) is 5.69 Å². The van der Waals surface area contributed by atoms with Gasteiger partial charge in [-0.25, -0.2) is 9.18 Å². The number of hydrogen-bond acceptors (Lipinski definition) is 7. The smallest absolute Gasteiger partial charge is 0.338 e. The molecule has 1 atom stereocenters. The van der Waals surface area contributed by atoms with Crippen LogP contribution in [0.4, 0.5) is 4.39 Å². The molecule has 0 saturated carbocycles. The van der Waals surface area contributed by atoms with E-state index >= 15 is 0 Å². The molecule has 0 bridgehead atoms. The maximum Gasteiger partial charge on any atom is 0.338 e. The number of rotatable bonds is 6. The highest BCUT2D eigenvalue weighted by atomic mass is 19.1. The zero-order chi connectivity index (χ0) is 20.9. The van der Waals surface area contributed by atoms with Crippen molar-refractivity contribution in [3.05, 3.63) is 71.3 Å². The predicted octanol–water partition coefficient (Wildman–Crippen LogP) is 2.40. The molecule has 2 aromatic carbocycles. The van der Waals surface area contributed by atoms with E-state index in [-0.39, 0.29) is 17.8 Å². The Kier molecular flexibility index (Phi) is 6.10. The van der Waals surface area contributed by atoms with Crippen LogP contribution in [0.15, 0.2) is 48.5 Å². The van der Waals surface area contributed by atoms with Crippen molar-refractivity contribution in [1.29, 1.82) is 0 Å². The molecule has 1 saturated heterocycles. The number of esters is 1. The fourth-order valence-electron chi connectivity index (χ4n) is 3.51. The Morgan fingerprint density at radius 2 is 1.83 bits per heavy atom. The maximum absolute atomic E-state index is 13.5. The molecule has 1 aromatic heterocycles. The Morgan fingerprint density at radius 1 is 1.13 bits per heavy atom. The first-order valence-corrected chi connectivity index (χ1v) is 9.80. The van der Waals surface area contributed by atoms with Crippen molar-refractivity contribution < 1.29 is 18.7 Å². The molecule has 1 fully saturated rings. The zero-order valence-electron chi connectivity index (χ0n) is 16.6. The quantitative estimate of drug-likeness (QED) is 0.576. The summed E-state index contributed by atoms with van der Waals surface area (Å²) in [6.45, 7) is 4.70. The Labute approximate surface area is 173 Å². The number of carbonyl (C=O) groups excluding carboxylic acids is 1. The van der Waals surface area contributed by atoms with Crippen molar-refractivity contribution in [1.82, 2.24) is 25.1 Å². The Morgan fingerprint density at radius 3 is 2.50 bits per heavy atom. The van der Waals surface area contributed by atoms with Gasteiger partial charge in [-0.1, -0.05) is 12.1 Å². The summed E-state index contributed by atoms with van der Waals surface area (Å²) in [5.41, 5.74) is 2.06. The lowest BCUT2D eigenvalue weighted by Gasteiger charge is -2.33. The molecule has 30 heavy (non-hydrogen) atoms. The molecular formula is C21H22FN5O3. The van der Waals surface area contributed by atoms with E-state index in [2.05, 4.69) is 20.4 Å². The number of morpholine rings is 1. The van der Waals surface area contributed by atoms with Crippen LogP contribution in [0.5, 0.6) is 0 Å². The third-order valence-electron chi connectivity index (χ3n) is 4.96. The van der Waals surface area contributed by atoms with Crippen LogP contribution < -0.4 is 0 Å². The van der Waals surface area contributed by atoms with E-state index in [1.165, 1.54) is 12.1 Å². The number of halogens is 1. The van der Waals surface area contributed by atoms with Gasteiger partial charge in [0.25, 0.3) is 0 Å². The van der Waals surface area contributed by atoms with Gasteiger partial charge in [0.2, 0.25) is 0 Å². The van der Waals surface area contributed by atoms with Crippen LogP contribution in [-0.4, -0.2) is 64.0 Å². The maximum atomic E-state index is 13.5. The molecule has 4 rings (SSSR count). The molecule has 0 radical (unpaired) electrons. The van der Waals surface area contributed by atoms with Gasteiger partial charge in [-0.05, 0) is 59.3 Å². The summed E-state index contributed by atoms with van der Waals surface area (Å²) in [5.74, 6) is -0.0699. The number of hydrogen-bond donors (Lipinski definition) is 0. The third kappa shape index (κ3) is 4.22. The van der Waals surface area contributed by atoms with Crippen molar-refractivity contribution in [2.45, 2.75) is 13.0 Å². The number of aromatic nitrogens is 4. The van der Waals surface area contributed by atoms with Gasteiger partial charge in [0.05, 0.1) is 37.1 Å². The van der Waals surface area contributed by atoms with E-state index in [1.54, 1.807) is 48.0 Å². The highest BCUT2D eigenvalue weighted by molar-refractivity contribution is 5.89. The van der Waals surface area contributed by atoms with E-state index in [9.17, 15) is 9.18 Å². The highest BCUT2D eigenvalue weighted by Crippen LogP contribution is 2.29. The minimum Gasteiger partial charge on any atom is -0.462 e. The second-order valence-corrected chi connectivity index (χ2v) is 6.82. The molecule has 0 aliphatic carbocycles. The molecule has 1 aliphatic rings. The van der Waals surface area contributed by atoms with Gasteiger partial charge in [-0.3, -0.25) is 4.90 Å². The molecule has 3 aromatic rings. The van der Waals surface area contributed by atoms with Crippen LogP contribution in [0.1, 0.15) is 34.7 Å². The molecule has 9 heteroatoms. The van der Waals surface area contributed by atoms with Gasteiger partial charge >= 0.3 is 5.97 Å². The molecule has 1 unspecified atom stereocenters. The Balaban J connectivity index is 1.70. The molecule has 156 valence electrons.